The average molecular weight is 397 g/mol. The highest BCUT2D eigenvalue weighted by molar-refractivity contribution is 5.83. The van der Waals surface area contributed by atoms with Crippen molar-refractivity contribution in [1.29, 1.82) is 0 Å². The fourth-order valence-corrected chi connectivity index (χ4v) is 3.73. The van der Waals surface area contributed by atoms with E-state index in [-0.39, 0.29) is 24.1 Å². The van der Waals surface area contributed by atoms with E-state index < -0.39 is 0 Å². The summed E-state index contributed by atoms with van der Waals surface area (Å²) in [6.45, 7) is 7.74. The molecule has 1 amide bonds. The lowest BCUT2D eigenvalue weighted by molar-refractivity contribution is -0.132. The lowest BCUT2D eigenvalue weighted by atomic mass is 10.0. The van der Waals surface area contributed by atoms with Crippen molar-refractivity contribution in [3.8, 4) is 11.5 Å². The van der Waals surface area contributed by atoms with Crippen LogP contribution in [-0.2, 0) is 4.79 Å². The molecule has 1 aliphatic rings. The number of hydrogen-bond acceptors (Lipinski definition) is 4. The zero-order chi connectivity index (χ0) is 20.8. The summed E-state index contributed by atoms with van der Waals surface area (Å²) in [5, 5.41) is 3.55. The third kappa shape index (κ3) is 5.30. The van der Waals surface area contributed by atoms with Crippen molar-refractivity contribution in [2.24, 2.45) is 0 Å². The van der Waals surface area contributed by atoms with Crippen molar-refractivity contribution in [1.82, 2.24) is 10.2 Å². The maximum absolute atomic E-state index is 13.2. The highest BCUT2D eigenvalue weighted by atomic mass is 16.5. The lowest BCUT2D eigenvalue weighted by Gasteiger charge is -2.28. The predicted molar refractivity (Wildman–Crippen MR) is 115 cm³/mol. The van der Waals surface area contributed by atoms with Gasteiger partial charge in [-0.15, -0.1) is 0 Å². The van der Waals surface area contributed by atoms with E-state index >= 15 is 0 Å². The maximum Gasteiger partial charge on any atom is 0.244 e. The third-order valence-corrected chi connectivity index (χ3v) is 5.26. The van der Waals surface area contributed by atoms with Crippen LogP contribution in [0.4, 0.5) is 0 Å². The predicted octanol–water partition coefficient (Wildman–Crippen LogP) is 4.50. The Morgan fingerprint density at radius 2 is 1.66 bits per heavy atom. The minimum Gasteiger partial charge on any atom is -0.493 e. The van der Waals surface area contributed by atoms with Gasteiger partial charge in [-0.05, 0) is 56.9 Å². The Balaban J connectivity index is 1.82. The van der Waals surface area contributed by atoms with Gasteiger partial charge in [-0.2, -0.15) is 0 Å². The molecule has 2 atom stereocenters. The molecule has 5 nitrogen and oxygen atoms in total. The fourth-order valence-electron chi connectivity index (χ4n) is 3.73. The molecule has 0 spiro atoms. The normalized spacial score (nSPS) is 16.0. The molecule has 1 aliphatic heterocycles. The second-order valence-corrected chi connectivity index (χ2v) is 7.84. The topological polar surface area (TPSA) is 50.8 Å². The summed E-state index contributed by atoms with van der Waals surface area (Å²) >= 11 is 0. The lowest BCUT2D eigenvalue weighted by Crippen LogP contribution is -2.40. The standard InChI is InChI=1S/C24H32N2O3/c1-17(2)29-21-13-12-20(16-22(21)28-4)18(3)25-23(19-10-6-5-7-11-19)24(27)26-14-8-9-15-26/h5-7,10-13,16-18,23,25H,8-9,14-15H2,1-4H3. The number of hydrogen-bond donors (Lipinski definition) is 1. The largest absolute Gasteiger partial charge is 0.493 e. The van der Waals surface area contributed by atoms with Crippen LogP contribution in [0.3, 0.4) is 0 Å². The van der Waals surface area contributed by atoms with E-state index in [0.717, 1.165) is 42.8 Å². The number of benzene rings is 2. The van der Waals surface area contributed by atoms with Gasteiger partial charge in [0.2, 0.25) is 5.91 Å². The van der Waals surface area contributed by atoms with Crippen LogP contribution in [0, 0.1) is 0 Å². The van der Waals surface area contributed by atoms with Crippen LogP contribution in [0.1, 0.15) is 56.8 Å². The van der Waals surface area contributed by atoms with Crippen LogP contribution in [0.5, 0.6) is 11.5 Å². The van der Waals surface area contributed by atoms with Crippen molar-refractivity contribution in [3.63, 3.8) is 0 Å². The first kappa shape index (κ1) is 21.2. The number of rotatable bonds is 8. The molecular formula is C24H32N2O3. The van der Waals surface area contributed by atoms with Crippen LogP contribution in [-0.4, -0.2) is 37.1 Å². The molecule has 29 heavy (non-hydrogen) atoms. The summed E-state index contributed by atoms with van der Waals surface area (Å²) in [6.07, 6.45) is 2.24. The van der Waals surface area contributed by atoms with Gasteiger partial charge in [0.15, 0.2) is 11.5 Å². The Labute approximate surface area is 174 Å². The molecule has 1 fully saturated rings. The van der Waals surface area contributed by atoms with Crippen molar-refractivity contribution in [2.75, 3.05) is 20.2 Å². The molecule has 0 bridgehead atoms. The number of nitrogens with one attached hydrogen (secondary N) is 1. The highest BCUT2D eigenvalue weighted by Crippen LogP contribution is 2.32. The maximum atomic E-state index is 13.2. The quantitative estimate of drug-likeness (QED) is 0.714. The number of nitrogens with zero attached hydrogens (tertiary/aromatic N) is 1. The second kappa shape index (κ2) is 9.79. The fraction of sp³-hybridized carbons (Fsp3) is 0.458. The van der Waals surface area contributed by atoms with Gasteiger partial charge >= 0.3 is 0 Å². The van der Waals surface area contributed by atoms with Crippen molar-refractivity contribution >= 4 is 5.91 Å². The second-order valence-electron chi connectivity index (χ2n) is 7.84. The summed E-state index contributed by atoms with van der Waals surface area (Å²) in [5.74, 6) is 1.57. The summed E-state index contributed by atoms with van der Waals surface area (Å²) in [4.78, 5) is 15.2. The van der Waals surface area contributed by atoms with E-state index in [4.69, 9.17) is 9.47 Å². The highest BCUT2D eigenvalue weighted by Gasteiger charge is 2.29. The minimum atomic E-state index is -0.373. The van der Waals surface area contributed by atoms with Gasteiger partial charge in [-0.1, -0.05) is 36.4 Å². The van der Waals surface area contributed by atoms with E-state index in [1.807, 2.05) is 67.3 Å². The van der Waals surface area contributed by atoms with E-state index in [2.05, 4.69) is 12.2 Å². The van der Waals surface area contributed by atoms with Crippen LogP contribution in [0.15, 0.2) is 48.5 Å². The molecule has 0 saturated carbocycles. The first-order chi connectivity index (χ1) is 14.0. The van der Waals surface area contributed by atoms with Crippen LogP contribution in [0.2, 0.25) is 0 Å². The average Bonchev–Trinajstić information content (AvgIpc) is 3.27. The van der Waals surface area contributed by atoms with Crippen molar-refractivity contribution < 1.29 is 14.3 Å². The Morgan fingerprint density at radius 1 is 0.966 bits per heavy atom. The van der Waals surface area contributed by atoms with Gasteiger partial charge in [-0.25, -0.2) is 0 Å². The monoisotopic (exact) mass is 396 g/mol. The molecule has 156 valence electrons. The van der Waals surface area contributed by atoms with E-state index in [0.29, 0.717) is 5.75 Å². The number of carbonyl (C=O) groups excluding carboxylic acids is 1. The molecule has 1 heterocycles. The Hall–Kier alpha value is -2.53. The third-order valence-electron chi connectivity index (χ3n) is 5.26. The number of ether oxygens (including phenoxy) is 2. The van der Waals surface area contributed by atoms with E-state index in [1.54, 1.807) is 7.11 Å². The summed E-state index contributed by atoms with van der Waals surface area (Å²) in [6, 6.07) is 15.5. The molecule has 0 radical (unpaired) electrons. The van der Waals surface area contributed by atoms with Gasteiger partial charge in [0, 0.05) is 19.1 Å². The van der Waals surface area contributed by atoms with Crippen molar-refractivity contribution in [3.05, 3.63) is 59.7 Å². The van der Waals surface area contributed by atoms with Gasteiger partial charge in [0.1, 0.15) is 6.04 Å². The van der Waals surface area contributed by atoms with Crippen LogP contribution in [0.25, 0.3) is 0 Å². The molecular weight excluding hydrogens is 364 g/mol. The molecule has 1 saturated heterocycles. The zero-order valence-corrected chi connectivity index (χ0v) is 17.9. The van der Waals surface area contributed by atoms with Crippen molar-refractivity contribution in [2.45, 2.75) is 51.8 Å². The first-order valence-corrected chi connectivity index (χ1v) is 10.4. The smallest absolute Gasteiger partial charge is 0.244 e. The van der Waals surface area contributed by atoms with E-state index in [1.165, 1.54) is 0 Å². The first-order valence-electron chi connectivity index (χ1n) is 10.4. The minimum absolute atomic E-state index is 0.0336. The Kier molecular flexibility index (Phi) is 7.15. The number of likely N-dealkylation sites (tertiary alicyclic amines) is 1. The zero-order valence-electron chi connectivity index (χ0n) is 17.9. The number of methoxy groups -OCH3 is 1. The SMILES string of the molecule is COc1cc(C(C)NC(C(=O)N2CCCC2)c2ccccc2)ccc1OC(C)C. The van der Waals surface area contributed by atoms with Gasteiger partial charge in [-0.3, -0.25) is 10.1 Å². The van der Waals surface area contributed by atoms with Crippen LogP contribution >= 0.6 is 0 Å². The molecule has 2 unspecified atom stereocenters. The van der Waals surface area contributed by atoms with Crippen LogP contribution < -0.4 is 14.8 Å². The molecule has 5 heteroatoms. The molecule has 3 rings (SSSR count). The van der Waals surface area contributed by atoms with Gasteiger partial charge in [0.05, 0.1) is 13.2 Å². The summed E-state index contributed by atoms with van der Waals surface area (Å²) in [5.41, 5.74) is 2.04. The molecule has 2 aromatic carbocycles. The summed E-state index contributed by atoms with van der Waals surface area (Å²) in [7, 11) is 1.65. The van der Waals surface area contributed by atoms with Gasteiger partial charge < -0.3 is 14.4 Å². The number of amides is 1. The molecule has 2 aromatic rings. The van der Waals surface area contributed by atoms with Gasteiger partial charge in [0.25, 0.3) is 0 Å². The molecule has 0 aromatic heterocycles. The Morgan fingerprint density at radius 3 is 2.28 bits per heavy atom. The number of carbonyl (C=O) groups is 1. The summed E-state index contributed by atoms with van der Waals surface area (Å²) < 4.78 is 11.3. The molecule has 1 N–H and O–H groups in total. The molecule has 0 aliphatic carbocycles. The Bertz CT molecular complexity index is 801. The van der Waals surface area contributed by atoms with E-state index in [9.17, 15) is 4.79 Å².